The summed E-state index contributed by atoms with van der Waals surface area (Å²) in [4.78, 5) is 28.5. The molecule has 198 valence electrons. The third-order valence-corrected chi connectivity index (χ3v) is 7.20. The number of ketones is 1. The van der Waals surface area contributed by atoms with E-state index in [4.69, 9.17) is 25.8 Å². The Morgan fingerprint density at radius 2 is 1.58 bits per heavy atom. The van der Waals surface area contributed by atoms with Crippen molar-refractivity contribution in [2.24, 2.45) is 0 Å². The summed E-state index contributed by atoms with van der Waals surface area (Å²) >= 11 is 6.40. The van der Waals surface area contributed by atoms with Gasteiger partial charge in [0.2, 0.25) is 0 Å². The van der Waals surface area contributed by atoms with Crippen LogP contribution in [0, 0.1) is 6.92 Å². The summed E-state index contributed by atoms with van der Waals surface area (Å²) in [5.41, 5.74) is 2.88. The molecule has 1 aliphatic rings. The molecule has 1 unspecified atom stereocenters. The molecular formula is C30H30ClNO6. The van der Waals surface area contributed by atoms with Crippen LogP contribution in [0.1, 0.15) is 48.1 Å². The molecule has 4 rings (SSSR count). The van der Waals surface area contributed by atoms with E-state index in [1.54, 1.807) is 68.6 Å². The molecule has 0 saturated carbocycles. The molecule has 1 heterocycles. The van der Waals surface area contributed by atoms with Crippen molar-refractivity contribution in [3.8, 4) is 17.2 Å². The van der Waals surface area contributed by atoms with Crippen molar-refractivity contribution in [2.45, 2.75) is 32.7 Å². The van der Waals surface area contributed by atoms with Crippen LogP contribution in [0.15, 0.2) is 60.2 Å². The van der Waals surface area contributed by atoms with Crippen LogP contribution in [0.3, 0.4) is 0 Å². The maximum atomic E-state index is 13.6. The normalized spacial score (nSPS) is 16.7. The Hall–Kier alpha value is -3.97. The molecule has 0 spiro atoms. The summed E-state index contributed by atoms with van der Waals surface area (Å²) in [5.74, 6) is -0.180. The number of anilines is 1. The second kappa shape index (κ2) is 10.8. The Morgan fingerprint density at radius 1 is 0.921 bits per heavy atom. The van der Waals surface area contributed by atoms with E-state index >= 15 is 0 Å². The molecule has 7 nitrogen and oxygen atoms in total. The number of amides is 1. The zero-order valence-corrected chi connectivity index (χ0v) is 22.9. The number of hydrogen-bond acceptors (Lipinski definition) is 6. The second-order valence-electron chi connectivity index (χ2n) is 9.28. The van der Waals surface area contributed by atoms with E-state index in [9.17, 15) is 14.7 Å². The minimum atomic E-state index is -0.948. The van der Waals surface area contributed by atoms with Crippen LogP contribution in [0.5, 0.6) is 17.2 Å². The smallest absolute Gasteiger partial charge is 0.300 e. The quantitative estimate of drug-likeness (QED) is 0.213. The first kappa shape index (κ1) is 27.1. The second-order valence-corrected chi connectivity index (χ2v) is 9.69. The highest BCUT2D eigenvalue weighted by atomic mass is 35.5. The topological polar surface area (TPSA) is 85.3 Å². The van der Waals surface area contributed by atoms with Gasteiger partial charge in [0, 0.05) is 16.3 Å². The number of benzene rings is 3. The van der Waals surface area contributed by atoms with E-state index < -0.39 is 17.7 Å². The van der Waals surface area contributed by atoms with Crippen molar-refractivity contribution < 1.29 is 28.9 Å². The van der Waals surface area contributed by atoms with Gasteiger partial charge in [0.15, 0.2) is 11.5 Å². The summed E-state index contributed by atoms with van der Waals surface area (Å²) in [6.07, 6.45) is 0. The van der Waals surface area contributed by atoms with Gasteiger partial charge in [-0.3, -0.25) is 14.5 Å². The van der Waals surface area contributed by atoms with Gasteiger partial charge in [-0.05, 0) is 72.0 Å². The highest BCUT2D eigenvalue weighted by molar-refractivity contribution is 6.52. The van der Waals surface area contributed by atoms with Crippen molar-refractivity contribution in [1.29, 1.82) is 0 Å². The first-order valence-corrected chi connectivity index (χ1v) is 12.5. The predicted octanol–water partition coefficient (Wildman–Crippen LogP) is 6.42. The van der Waals surface area contributed by atoms with Gasteiger partial charge in [-0.2, -0.15) is 0 Å². The SMILES string of the molecule is COc1ccc(C2/C(=C(\O)c3ccc(OC)c(C(C)C)c3)C(=O)C(=O)N2c2cccc(Cl)c2C)cc1OC. The number of ether oxygens (including phenoxy) is 3. The van der Waals surface area contributed by atoms with Gasteiger partial charge in [-0.1, -0.05) is 37.6 Å². The number of aliphatic hydroxyl groups is 1. The summed E-state index contributed by atoms with van der Waals surface area (Å²) in [6.45, 7) is 5.79. The summed E-state index contributed by atoms with van der Waals surface area (Å²) in [6, 6.07) is 14.5. The fourth-order valence-corrected chi connectivity index (χ4v) is 4.93. The Balaban J connectivity index is 2.01. The van der Waals surface area contributed by atoms with Gasteiger partial charge < -0.3 is 19.3 Å². The van der Waals surface area contributed by atoms with Crippen LogP contribution in [0.25, 0.3) is 5.76 Å². The molecule has 0 aliphatic carbocycles. The van der Waals surface area contributed by atoms with Crippen LogP contribution < -0.4 is 19.1 Å². The lowest BCUT2D eigenvalue weighted by Gasteiger charge is -2.27. The Bertz CT molecular complexity index is 1440. The maximum absolute atomic E-state index is 13.6. The lowest BCUT2D eigenvalue weighted by molar-refractivity contribution is -0.132. The molecule has 38 heavy (non-hydrogen) atoms. The highest BCUT2D eigenvalue weighted by Crippen LogP contribution is 2.46. The lowest BCUT2D eigenvalue weighted by atomic mass is 9.92. The number of methoxy groups -OCH3 is 3. The molecule has 1 amide bonds. The molecule has 0 radical (unpaired) electrons. The molecule has 8 heteroatoms. The molecular weight excluding hydrogens is 506 g/mol. The molecule has 1 saturated heterocycles. The van der Waals surface area contributed by atoms with E-state index in [2.05, 4.69) is 0 Å². The molecule has 3 aromatic rings. The van der Waals surface area contributed by atoms with E-state index in [1.807, 2.05) is 13.8 Å². The average molecular weight is 536 g/mol. The molecule has 0 bridgehead atoms. The number of Topliss-reactive ketones (excluding diaryl/α,β-unsaturated/α-hetero) is 1. The van der Waals surface area contributed by atoms with Crippen LogP contribution in [0.4, 0.5) is 5.69 Å². The third-order valence-electron chi connectivity index (χ3n) is 6.79. The highest BCUT2D eigenvalue weighted by Gasteiger charge is 2.47. The molecule has 1 atom stereocenters. The van der Waals surface area contributed by atoms with Gasteiger partial charge >= 0.3 is 0 Å². The number of rotatable bonds is 7. The number of aliphatic hydroxyl groups excluding tert-OH is 1. The van der Waals surface area contributed by atoms with Crippen molar-refractivity contribution >= 4 is 34.7 Å². The van der Waals surface area contributed by atoms with Crippen molar-refractivity contribution in [2.75, 3.05) is 26.2 Å². The standard InChI is InChI=1S/C30H30ClNO6/c1-16(2)20-14-19(11-12-23(20)36-4)28(33)26-27(18-10-13-24(37-5)25(15-18)38-6)32(30(35)29(26)34)22-9-7-8-21(31)17(22)3/h7-16,27,33H,1-6H3/b28-26+. The monoisotopic (exact) mass is 535 g/mol. The van der Waals surface area contributed by atoms with Crippen LogP contribution in [-0.4, -0.2) is 38.1 Å². The number of hydrogen-bond donors (Lipinski definition) is 1. The minimum absolute atomic E-state index is 0.0403. The maximum Gasteiger partial charge on any atom is 0.300 e. The molecule has 1 aliphatic heterocycles. The largest absolute Gasteiger partial charge is 0.507 e. The summed E-state index contributed by atoms with van der Waals surface area (Å²) in [5, 5.41) is 12.0. The van der Waals surface area contributed by atoms with Gasteiger partial charge in [0.25, 0.3) is 11.7 Å². The molecule has 1 N–H and O–H groups in total. The summed E-state index contributed by atoms with van der Waals surface area (Å²) in [7, 11) is 4.61. The van der Waals surface area contributed by atoms with Gasteiger partial charge in [-0.25, -0.2) is 0 Å². The molecule has 1 fully saturated rings. The zero-order valence-electron chi connectivity index (χ0n) is 22.2. The Morgan fingerprint density at radius 3 is 2.21 bits per heavy atom. The summed E-state index contributed by atoms with van der Waals surface area (Å²) < 4.78 is 16.4. The third kappa shape index (κ3) is 4.58. The Kier molecular flexibility index (Phi) is 7.69. The van der Waals surface area contributed by atoms with E-state index in [0.29, 0.717) is 44.6 Å². The van der Waals surface area contributed by atoms with Crippen LogP contribution in [0.2, 0.25) is 5.02 Å². The van der Waals surface area contributed by atoms with Crippen molar-refractivity contribution in [3.63, 3.8) is 0 Å². The molecule has 0 aromatic heterocycles. The van der Waals surface area contributed by atoms with E-state index in [1.165, 1.54) is 19.1 Å². The predicted molar refractivity (Wildman–Crippen MR) is 148 cm³/mol. The number of halogens is 1. The first-order valence-electron chi connectivity index (χ1n) is 12.1. The van der Waals surface area contributed by atoms with E-state index in [0.717, 1.165) is 5.56 Å². The molecule has 3 aromatic carbocycles. The average Bonchev–Trinajstić information content (AvgIpc) is 3.18. The van der Waals surface area contributed by atoms with Gasteiger partial charge in [-0.15, -0.1) is 0 Å². The number of carbonyl (C=O) groups excluding carboxylic acids is 2. The van der Waals surface area contributed by atoms with E-state index in [-0.39, 0.29) is 17.3 Å². The Labute approximate surface area is 227 Å². The van der Waals surface area contributed by atoms with Gasteiger partial charge in [0.1, 0.15) is 11.5 Å². The van der Waals surface area contributed by atoms with Crippen LogP contribution in [-0.2, 0) is 9.59 Å². The van der Waals surface area contributed by atoms with Gasteiger partial charge in [0.05, 0.1) is 32.9 Å². The van der Waals surface area contributed by atoms with Crippen molar-refractivity contribution in [1.82, 2.24) is 0 Å². The number of carbonyl (C=O) groups is 2. The zero-order chi connectivity index (χ0) is 27.7. The van der Waals surface area contributed by atoms with Crippen LogP contribution >= 0.6 is 11.6 Å². The fraction of sp³-hybridized carbons (Fsp3) is 0.267. The van der Waals surface area contributed by atoms with Crippen molar-refractivity contribution in [3.05, 3.63) is 87.4 Å². The fourth-order valence-electron chi connectivity index (χ4n) is 4.76. The minimum Gasteiger partial charge on any atom is -0.507 e. The lowest BCUT2D eigenvalue weighted by Crippen LogP contribution is -2.30. The first-order chi connectivity index (χ1) is 18.1. The number of nitrogens with zero attached hydrogens (tertiary/aromatic N) is 1.